The molecule has 0 saturated heterocycles. The van der Waals surface area contributed by atoms with E-state index in [0.717, 1.165) is 13.1 Å². The van der Waals surface area contributed by atoms with Crippen molar-refractivity contribution < 1.29 is 20.0 Å². The number of halogens is 1. The van der Waals surface area contributed by atoms with E-state index in [-0.39, 0.29) is 0 Å². The molecule has 1 aliphatic heterocycles. The average Bonchev–Trinajstić information content (AvgIpc) is 3.06. The number of para-hydroxylation sites is 2. The van der Waals surface area contributed by atoms with Crippen molar-refractivity contribution in [1.29, 1.82) is 0 Å². The van der Waals surface area contributed by atoms with Gasteiger partial charge in [0.25, 0.3) is 0 Å². The zero-order chi connectivity index (χ0) is 22.7. The van der Waals surface area contributed by atoms with Crippen molar-refractivity contribution in [2.75, 3.05) is 9.80 Å². The van der Waals surface area contributed by atoms with Gasteiger partial charge in [-0.25, -0.2) is 0 Å². The van der Waals surface area contributed by atoms with Crippen molar-refractivity contribution in [2.24, 2.45) is 0 Å². The Morgan fingerprint density at radius 3 is 1.29 bits per heavy atom. The Hall–Kier alpha value is -1.71. The van der Waals surface area contributed by atoms with Gasteiger partial charge in [0.15, 0.2) is 0 Å². The number of hydrogen-bond donors (Lipinski definition) is 0. The number of anilines is 2. The summed E-state index contributed by atoms with van der Waals surface area (Å²) in [5, 5.41) is 0. The predicted molar refractivity (Wildman–Crippen MR) is 130 cm³/mol. The molecule has 0 radical (unpaired) electrons. The molecular weight excluding hydrogens is 496 g/mol. The van der Waals surface area contributed by atoms with Gasteiger partial charge in [-0.15, -0.1) is 0 Å². The average molecular weight is 527 g/mol. The summed E-state index contributed by atoms with van der Waals surface area (Å²) < 4.78 is 0. The summed E-state index contributed by atoms with van der Waals surface area (Å²) in [6, 6.07) is 17.9. The molecule has 3 aromatic rings. The second kappa shape index (κ2) is 10.3. The molecule has 3 aromatic carbocycles. The summed E-state index contributed by atoms with van der Waals surface area (Å²) in [7, 11) is 4.45. The summed E-state index contributed by atoms with van der Waals surface area (Å²) in [4.78, 5) is 4.80. The van der Waals surface area contributed by atoms with Gasteiger partial charge < -0.3 is 9.80 Å². The quantitative estimate of drug-likeness (QED) is 0.259. The van der Waals surface area contributed by atoms with Crippen LogP contribution in [0.3, 0.4) is 0 Å². The van der Waals surface area contributed by atoms with Crippen LogP contribution in [0, 0.1) is 48.2 Å². The Balaban J connectivity index is 0.00000132. The van der Waals surface area contributed by atoms with Gasteiger partial charge >= 0.3 is 29.2 Å². The molecule has 1 aliphatic rings. The van der Waals surface area contributed by atoms with E-state index in [9.17, 15) is 0 Å². The van der Waals surface area contributed by atoms with Crippen molar-refractivity contribution >= 4 is 20.6 Å². The van der Waals surface area contributed by atoms with Gasteiger partial charge in [-0.2, -0.15) is 6.67 Å². The van der Waals surface area contributed by atoms with Gasteiger partial charge in [0, 0.05) is 24.5 Å². The first-order valence-electron chi connectivity index (χ1n) is 10.6. The second-order valence-electron chi connectivity index (χ2n) is 8.61. The van der Waals surface area contributed by atoms with Gasteiger partial charge in [-0.1, -0.05) is 47.5 Å². The number of nitrogens with zero attached hydrogens (tertiary/aromatic N) is 2. The molecule has 31 heavy (non-hydrogen) atoms. The minimum absolute atomic E-state index is 0.900. The van der Waals surface area contributed by atoms with Crippen molar-refractivity contribution in [3.8, 4) is 0 Å². The predicted octanol–water partition coefficient (Wildman–Crippen LogP) is 7.37. The third-order valence-electron chi connectivity index (χ3n) is 6.12. The normalized spacial score (nSPS) is 12.5. The molecule has 168 valence electrons. The van der Waals surface area contributed by atoms with E-state index in [4.69, 9.17) is 0 Å². The third-order valence-corrected chi connectivity index (χ3v) is 6.12. The zero-order valence-electron chi connectivity index (χ0n) is 19.2. The van der Waals surface area contributed by atoms with Crippen molar-refractivity contribution in [1.82, 2.24) is 0 Å². The fourth-order valence-corrected chi connectivity index (χ4v) is 4.75. The molecule has 0 aromatic heterocycles. The van der Waals surface area contributed by atoms with E-state index in [1.165, 1.54) is 55.9 Å². The summed E-state index contributed by atoms with van der Waals surface area (Å²) >= 11 is 2.42. The van der Waals surface area contributed by atoms with Gasteiger partial charge in [-0.05, 0) is 87.1 Å². The Morgan fingerprint density at radius 1 is 0.645 bits per heavy atom. The number of rotatable bonds is 4. The molecule has 0 atom stereocenters. The molecule has 0 saturated carbocycles. The second-order valence-corrected chi connectivity index (χ2v) is 8.61. The summed E-state index contributed by atoms with van der Waals surface area (Å²) in [5.74, 6) is 0. The molecule has 4 heteroatoms. The van der Waals surface area contributed by atoms with E-state index in [0.29, 0.717) is 0 Å². The van der Waals surface area contributed by atoms with Crippen LogP contribution in [0.5, 0.6) is 0 Å². The number of benzene rings is 3. The zero-order valence-corrected chi connectivity index (χ0v) is 21.4. The molecule has 0 spiro atoms. The van der Waals surface area contributed by atoms with Crippen LogP contribution < -0.4 is 9.80 Å². The van der Waals surface area contributed by atoms with Crippen LogP contribution in [0.4, 0.5) is 11.4 Å². The summed E-state index contributed by atoms with van der Waals surface area (Å²) in [6.07, 6.45) is 0. The van der Waals surface area contributed by atoms with Gasteiger partial charge in [0.2, 0.25) is 0 Å². The molecule has 0 aliphatic carbocycles. The van der Waals surface area contributed by atoms with E-state index in [1.54, 1.807) is 0 Å². The van der Waals surface area contributed by atoms with Crippen molar-refractivity contribution in [3.05, 3.63) is 99.7 Å². The van der Waals surface area contributed by atoms with Crippen LogP contribution in [0.1, 0.15) is 44.5 Å². The molecular formula is C27H31AgClN2-. The number of fused-ring (bicyclic) bond motifs is 1. The van der Waals surface area contributed by atoms with Crippen LogP contribution in [0.15, 0.2) is 48.5 Å². The van der Waals surface area contributed by atoms with E-state index < -0.39 is 0 Å². The van der Waals surface area contributed by atoms with Crippen LogP contribution >= 0.6 is 9.19 Å². The first kappa shape index (κ1) is 23.9. The molecule has 0 bridgehead atoms. The summed E-state index contributed by atoms with van der Waals surface area (Å²) in [5.41, 5.74) is 13.6. The molecule has 4 rings (SSSR count). The van der Waals surface area contributed by atoms with Gasteiger partial charge in [0.1, 0.15) is 0 Å². The first-order chi connectivity index (χ1) is 14.8. The van der Waals surface area contributed by atoms with Crippen LogP contribution in [0.2, 0.25) is 0 Å². The number of hydrogen-bond acceptors (Lipinski definition) is 2. The monoisotopic (exact) mass is 525 g/mol. The maximum atomic E-state index is 4.45. The molecule has 1 heterocycles. The van der Waals surface area contributed by atoms with Crippen LogP contribution in [-0.4, -0.2) is 0 Å². The minimum atomic E-state index is 0.900. The topological polar surface area (TPSA) is 6.48 Å². The fourth-order valence-electron chi connectivity index (χ4n) is 4.75. The van der Waals surface area contributed by atoms with Gasteiger partial charge in [0.05, 0.1) is 0 Å². The van der Waals surface area contributed by atoms with E-state index in [1.807, 2.05) is 0 Å². The SMILES string of the molecule is Cc1cc(C)c(CN2[CH-]N(Cc3c(C)cc(C)cc3C)c3ccccc32)c(C)c1.[Cl][Ag]. The summed E-state index contributed by atoms with van der Waals surface area (Å²) in [6.45, 7) is 17.4. The van der Waals surface area contributed by atoms with Crippen LogP contribution in [-0.2, 0) is 33.1 Å². The number of aryl methyl sites for hydroxylation is 6. The Kier molecular flexibility index (Phi) is 7.93. The maximum absolute atomic E-state index is 4.45. The first-order valence-corrected chi connectivity index (χ1v) is 12.5. The third kappa shape index (κ3) is 5.21. The molecule has 2 nitrogen and oxygen atoms in total. The molecule has 0 amide bonds. The Labute approximate surface area is 204 Å². The van der Waals surface area contributed by atoms with E-state index >= 15 is 0 Å². The van der Waals surface area contributed by atoms with Crippen LogP contribution in [0.25, 0.3) is 0 Å². The van der Waals surface area contributed by atoms with Gasteiger partial charge in [-0.3, -0.25) is 0 Å². The molecule has 0 fully saturated rings. The molecule has 0 N–H and O–H groups in total. The van der Waals surface area contributed by atoms with Crippen molar-refractivity contribution in [3.63, 3.8) is 0 Å². The standard InChI is InChI=1S/C27H31N2.Ag.ClH/c1-18-11-20(3)24(21(4)12-18)15-28-17-29(27-10-8-7-9-26(27)28)16-25-22(5)13-19(2)14-23(25)6;;/h7-14,17H,15-16H2,1-6H3;;1H/q-1;+1;/p-1. The molecule has 0 unspecified atom stereocenters. The van der Waals surface area contributed by atoms with Crippen molar-refractivity contribution in [2.45, 2.75) is 54.6 Å². The Morgan fingerprint density at radius 2 is 0.968 bits per heavy atom. The Bertz CT molecular complexity index is 946. The fraction of sp³-hybridized carbons (Fsp3) is 0.296. The van der Waals surface area contributed by atoms with E-state index in [2.05, 4.69) is 136 Å².